The van der Waals surface area contributed by atoms with Crippen LogP contribution in [0.1, 0.15) is 20.3 Å². The molecule has 0 aliphatic rings. The molecule has 0 spiro atoms. The van der Waals surface area contributed by atoms with E-state index >= 15 is 0 Å². The summed E-state index contributed by atoms with van der Waals surface area (Å²) in [5.41, 5.74) is 0. The highest BCUT2D eigenvalue weighted by atomic mass is 16.5. The second-order valence-corrected chi connectivity index (χ2v) is 1.84. The highest BCUT2D eigenvalue weighted by Gasteiger charge is 1.97. The molecule has 0 N–H and O–H groups in total. The van der Waals surface area contributed by atoms with Crippen LogP contribution >= 0.6 is 0 Å². The van der Waals surface area contributed by atoms with Gasteiger partial charge in [0, 0.05) is 0 Å². The Morgan fingerprint density at radius 1 is 1.67 bits per heavy atom. The minimum atomic E-state index is 0.130. The number of methoxy groups -OCH3 is 1. The fourth-order valence-electron chi connectivity index (χ4n) is 0.537. The van der Waals surface area contributed by atoms with Crippen molar-refractivity contribution in [2.45, 2.75) is 20.3 Å². The zero-order chi connectivity index (χ0) is 7.28. The summed E-state index contributed by atoms with van der Waals surface area (Å²) in [7, 11) is 1.57. The van der Waals surface area contributed by atoms with Crippen LogP contribution in [-0.4, -0.2) is 12.9 Å². The Morgan fingerprint density at radius 3 is 2.33 bits per heavy atom. The van der Waals surface area contributed by atoms with Crippen molar-refractivity contribution in [3.05, 3.63) is 11.8 Å². The highest BCUT2D eigenvalue weighted by Crippen LogP contribution is 2.00. The predicted octanol–water partition coefficient (Wildman–Crippen LogP) is 1.52. The lowest BCUT2D eigenvalue weighted by Crippen LogP contribution is -1.94. The predicted molar refractivity (Wildman–Crippen MR) is 36.1 cm³/mol. The largest absolute Gasteiger partial charge is 0.501 e. The van der Waals surface area contributed by atoms with Crippen molar-refractivity contribution in [3.8, 4) is 0 Å². The summed E-state index contributed by atoms with van der Waals surface area (Å²) in [5.74, 6) is 0.868. The Morgan fingerprint density at radius 2 is 2.22 bits per heavy atom. The van der Waals surface area contributed by atoms with Crippen molar-refractivity contribution < 1.29 is 9.53 Å². The first-order chi connectivity index (χ1) is 4.20. The topological polar surface area (TPSA) is 26.3 Å². The minimum Gasteiger partial charge on any atom is -0.501 e. The molecule has 0 aromatic rings. The van der Waals surface area contributed by atoms with Gasteiger partial charge in [0.25, 0.3) is 0 Å². The third-order valence-corrected chi connectivity index (χ3v) is 1.01. The molecule has 9 heavy (non-hydrogen) atoms. The van der Waals surface area contributed by atoms with Crippen LogP contribution in [0, 0.1) is 0 Å². The van der Waals surface area contributed by atoms with E-state index in [1.54, 1.807) is 20.1 Å². The van der Waals surface area contributed by atoms with Crippen LogP contribution < -0.4 is 0 Å². The molecule has 0 aliphatic heterocycles. The van der Waals surface area contributed by atoms with Gasteiger partial charge in [0.1, 0.15) is 5.78 Å². The molecule has 0 atom stereocenters. The van der Waals surface area contributed by atoms with E-state index in [0.717, 1.165) is 5.76 Å². The minimum absolute atomic E-state index is 0.130. The van der Waals surface area contributed by atoms with E-state index in [1.807, 2.05) is 6.92 Å². The van der Waals surface area contributed by atoms with E-state index in [4.69, 9.17) is 4.74 Å². The number of hydrogen-bond acceptors (Lipinski definition) is 2. The molecular formula is C7H12O2. The average molecular weight is 128 g/mol. The molecule has 0 saturated carbocycles. The second kappa shape index (κ2) is 4.13. The molecule has 0 unspecified atom stereocenters. The molecule has 0 bridgehead atoms. The lowest BCUT2D eigenvalue weighted by Gasteiger charge is -2.00. The maximum atomic E-state index is 10.5. The summed E-state index contributed by atoms with van der Waals surface area (Å²) < 4.78 is 4.85. The van der Waals surface area contributed by atoms with Crippen LogP contribution in [0.4, 0.5) is 0 Å². The van der Waals surface area contributed by atoms with Gasteiger partial charge in [-0.15, -0.1) is 0 Å². The van der Waals surface area contributed by atoms with Crippen LogP contribution in [0.15, 0.2) is 11.8 Å². The Balaban J connectivity index is 3.71. The molecule has 52 valence electrons. The van der Waals surface area contributed by atoms with Crippen molar-refractivity contribution in [2.75, 3.05) is 7.11 Å². The fraction of sp³-hybridized carbons (Fsp3) is 0.571. The van der Waals surface area contributed by atoms with E-state index in [-0.39, 0.29) is 5.78 Å². The van der Waals surface area contributed by atoms with Crippen molar-refractivity contribution in [1.29, 1.82) is 0 Å². The average Bonchev–Trinajstić information content (AvgIpc) is 1.82. The van der Waals surface area contributed by atoms with E-state index in [1.165, 1.54) is 0 Å². The van der Waals surface area contributed by atoms with Gasteiger partial charge < -0.3 is 4.74 Å². The summed E-state index contributed by atoms with van der Waals surface area (Å²) in [5, 5.41) is 0. The molecule has 0 amide bonds. The van der Waals surface area contributed by atoms with E-state index < -0.39 is 0 Å². The molecule has 2 heteroatoms. The first kappa shape index (κ1) is 8.21. The van der Waals surface area contributed by atoms with Crippen LogP contribution in [0.5, 0.6) is 0 Å². The van der Waals surface area contributed by atoms with Crippen LogP contribution in [-0.2, 0) is 9.53 Å². The molecule has 0 fully saturated rings. The normalized spacial score (nSPS) is 11.2. The Labute approximate surface area is 55.5 Å². The third kappa shape index (κ3) is 3.76. The van der Waals surface area contributed by atoms with E-state index in [9.17, 15) is 4.79 Å². The van der Waals surface area contributed by atoms with Gasteiger partial charge in [-0.05, 0) is 19.9 Å². The van der Waals surface area contributed by atoms with Gasteiger partial charge in [0.2, 0.25) is 0 Å². The first-order valence-electron chi connectivity index (χ1n) is 2.89. The summed E-state index contributed by atoms with van der Waals surface area (Å²) in [6.45, 7) is 3.39. The van der Waals surface area contributed by atoms with Crippen molar-refractivity contribution in [1.82, 2.24) is 0 Å². The fourth-order valence-corrected chi connectivity index (χ4v) is 0.537. The van der Waals surface area contributed by atoms with Gasteiger partial charge in [-0.2, -0.15) is 0 Å². The maximum Gasteiger partial charge on any atom is 0.137 e. The smallest absolute Gasteiger partial charge is 0.137 e. The van der Waals surface area contributed by atoms with Gasteiger partial charge >= 0.3 is 0 Å². The van der Waals surface area contributed by atoms with Crippen LogP contribution in [0.25, 0.3) is 0 Å². The third-order valence-electron chi connectivity index (χ3n) is 1.01. The molecule has 0 heterocycles. The number of allylic oxidation sites excluding steroid dienone is 2. The standard InChI is InChI=1S/C7H12O2/c1-4-7(9-3)5-6(2)8/h4H,5H2,1-3H3. The van der Waals surface area contributed by atoms with Gasteiger partial charge in [-0.1, -0.05) is 0 Å². The summed E-state index contributed by atoms with van der Waals surface area (Å²) in [6, 6.07) is 0. The van der Waals surface area contributed by atoms with Crippen molar-refractivity contribution in [2.24, 2.45) is 0 Å². The zero-order valence-electron chi connectivity index (χ0n) is 6.10. The monoisotopic (exact) mass is 128 g/mol. The first-order valence-corrected chi connectivity index (χ1v) is 2.89. The number of hydrogen-bond donors (Lipinski definition) is 0. The van der Waals surface area contributed by atoms with Crippen molar-refractivity contribution in [3.63, 3.8) is 0 Å². The number of ether oxygens (including phenoxy) is 1. The summed E-state index contributed by atoms with van der Waals surface area (Å²) >= 11 is 0. The molecule has 0 rings (SSSR count). The Kier molecular flexibility index (Phi) is 3.76. The van der Waals surface area contributed by atoms with Gasteiger partial charge in [0.15, 0.2) is 0 Å². The van der Waals surface area contributed by atoms with E-state index in [2.05, 4.69) is 0 Å². The molecule has 2 nitrogen and oxygen atoms in total. The highest BCUT2D eigenvalue weighted by molar-refractivity contribution is 5.77. The molecule has 0 aromatic carbocycles. The molecule has 0 aliphatic carbocycles. The van der Waals surface area contributed by atoms with Crippen LogP contribution in [0.3, 0.4) is 0 Å². The molecular weight excluding hydrogens is 116 g/mol. The lowest BCUT2D eigenvalue weighted by atomic mass is 10.2. The van der Waals surface area contributed by atoms with E-state index in [0.29, 0.717) is 6.42 Å². The van der Waals surface area contributed by atoms with Gasteiger partial charge in [-0.3, -0.25) is 4.79 Å². The number of carbonyl (C=O) groups is 1. The molecule has 0 aromatic heterocycles. The maximum absolute atomic E-state index is 10.5. The number of Topliss-reactive ketones (excluding diaryl/α,β-unsaturated/α-hetero) is 1. The molecule has 0 radical (unpaired) electrons. The Bertz CT molecular complexity index is 125. The second-order valence-electron chi connectivity index (χ2n) is 1.84. The number of ketones is 1. The number of carbonyl (C=O) groups excluding carboxylic acids is 1. The van der Waals surface area contributed by atoms with Gasteiger partial charge in [0.05, 0.1) is 19.3 Å². The van der Waals surface area contributed by atoms with Gasteiger partial charge in [-0.25, -0.2) is 0 Å². The summed E-state index contributed by atoms with van der Waals surface area (Å²) in [4.78, 5) is 10.5. The quantitative estimate of drug-likeness (QED) is 0.538. The van der Waals surface area contributed by atoms with Crippen LogP contribution in [0.2, 0.25) is 0 Å². The lowest BCUT2D eigenvalue weighted by molar-refractivity contribution is -0.116. The van der Waals surface area contributed by atoms with Crippen molar-refractivity contribution >= 4 is 5.78 Å². The Hall–Kier alpha value is -0.790. The molecule has 0 saturated heterocycles. The zero-order valence-corrected chi connectivity index (χ0v) is 6.10. The SMILES string of the molecule is CC=C(CC(C)=O)OC. The summed E-state index contributed by atoms with van der Waals surface area (Å²) in [6.07, 6.45) is 2.20. The number of rotatable bonds is 3.